The van der Waals surface area contributed by atoms with Gasteiger partial charge in [-0.25, -0.2) is 4.79 Å². The predicted molar refractivity (Wildman–Crippen MR) is 72.6 cm³/mol. The van der Waals surface area contributed by atoms with Crippen LogP contribution in [0, 0.1) is 0 Å². The molecule has 2 N–H and O–H groups in total. The number of nitrogens with zero attached hydrogens (tertiary/aromatic N) is 1. The third-order valence-electron chi connectivity index (χ3n) is 3.47. The lowest BCUT2D eigenvalue weighted by molar-refractivity contribution is -0.175. The summed E-state index contributed by atoms with van der Waals surface area (Å²) < 4.78 is 36.8. The minimum atomic E-state index is -5.10. The van der Waals surface area contributed by atoms with Crippen molar-refractivity contribution >= 4 is 17.6 Å². The number of aryl methyl sites for hydroxylation is 1. The van der Waals surface area contributed by atoms with Gasteiger partial charge in [0, 0.05) is 18.8 Å². The first-order valence-corrected chi connectivity index (χ1v) is 6.72. The molecule has 1 atom stereocenters. The Morgan fingerprint density at radius 2 is 2.00 bits per heavy atom. The summed E-state index contributed by atoms with van der Waals surface area (Å²) in [5.74, 6) is -3.74. The van der Waals surface area contributed by atoms with Gasteiger partial charge in [-0.15, -0.1) is 0 Å². The molecular weight excluding hydrogens is 301 g/mol. The summed E-state index contributed by atoms with van der Waals surface area (Å²) >= 11 is 0. The normalized spacial score (nSPS) is 15.9. The number of fused-ring (bicyclic) bond motifs is 1. The van der Waals surface area contributed by atoms with E-state index in [1.807, 2.05) is 12.1 Å². The molecule has 1 aliphatic heterocycles. The summed E-state index contributed by atoms with van der Waals surface area (Å²) in [5.41, 5.74) is 1.81. The van der Waals surface area contributed by atoms with Crippen molar-refractivity contribution in [3.8, 4) is 0 Å². The van der Waals surface area contributed by atoms with Gasteiger partial charge in [0.1, 0.15) is 6.04 Å². The van der Waals surface area contributed by atoms with Gasteiger partial charge in [-0.2, -0.15) is 13.2 Å². The van der Waals surface area contributed by atoms with Crippen molar-refractivity contribution in [1.82, 2.24) is 5.32 Å². The number of alkyl halides is 3. The maximum absolute atomic E-state index is 12.3. The minimum Gasteiger partial charge on any atom is -0.480 e. The van der Waals surface area contributed by atoms with Crippen LogP contribution in [0.4, 0.5) is 18.9 Å². The van der Waals surface area contributed by atoms with E-state index in [9.17, 15) is 22.8 Å². The predicted octanol–water partition coefficient (Wildman–Crippen LogP) is 1.57. The standard InChI is InChI=1S/C14H15F3N2O3/c15-14(16,17)13(22)18-10(12(20)21)8-19-7-3-5-9-4-1-2-6-11(9)19/h1-2,4,6,10H,3,5,7-8H2,(H,18,22)(H,20,21). The topological polar surface area (TPSA) is 69.6 Å². The molecule has 1 aliphatic rings. The first-order valence-electron chi connectivity index (χ1n) is 6.72. The van der Waals surface area contributed by atoms with E-state index in [1.165, 1.54) is 5.32 Å². The molecule has 8 heteroatoms. The molecule has 2 rings (SSSR count). The number of hydrogen-bond donors (Lipinski definition) is 2. The van der Waals surface area contributed by atoms with Gasteiger partial charge in [-0.05, 0) is 24.5 Å². The second-order valence-corrected chi connectivity index (χ2v) is 5.04. The summed E-state index contributed by atoms with van der Waals surface area (Å²) in [6.07, 6.45) is -3.50. The number of aliphatic carboxylic acids is 1. The second kappa shape index (κ2) is 6.25. The van der Waals surface area contributed by atoms with E-state index in [0.717, 1.165) is 24.1 Å². The molecule has 0 aliphatic carbocycles. The van der Waals surface area contributed by atoms with Crippen molar-refractivity contribution in [2.24, 2.45) is 0 Å². The van der Waals surface area contributed by atoms with Gasteiger partial charge < -0.3 is 15.3 Å². The van der Waals surface area contributed by atoms with Crippen molar-refractivity contribution < 1.29 is 27.9 Å². The summed E-state index contributed by atoms with van der Waals surface area (Å²) in [4.78, 5) is 23.8. The molecule has 0 fully saturated rings. The highest BCUT2D eigenvalue weighted by Crippen LogP contribution is 2.26. The SMILES string of the molecule is O=C(O)C(CN1CCCc2ccccc21)NC(=O)C(F)(F)F. The molecule has 0 bridgehead atoms. The van der Waals surface area contributed by atoms with Gasteiger partial charge in [0.15, 0.2) is 0 Å². The van der Waals surface area contributed by atoms with Crippen molar-refractivity contribution in [2.75, 3.05) is 18.0 Å². The zero-order valence-electron chi connectivity index (χ0n) is 11.6. The highest BCUT2D eigenvalue weighted by molar-refractivity contribution is 5.87. The van der Waals surface area contributed by atoms with Crippen LogP contribution in [0.25, 0.3) is 0 Å². The van der Waals surface area contributed by atoms with E-state index in [0.29, 0.717) is 6.54 Å². The minimum absolute atomic E-state index is 0.214. The lowest BCUT2D eigenvalue weighted by atomic mass is 10.0. The molecule has 5 nitrogen and oxygen atoms in total. The molecule has 120 valence electrons. The number of carbonyl (C=O) groups is 2. The van der Waals surface area contributed by atoms with Crippen LogP contribution >= 0.6 is 0 Å². The van der Waals surface area contributed by atoms with Gasteiger partial charge in [0.2, 0.25) is 0 Å². The number of carboxylic acid groups (broad SMARTS) is 1. The zero-order chi connectivity index (χ0) is 16.3. The summed E-state index contributed by atoms with van der Waals surface area (Å²) in [5, 5.41) is 10.6. The highest BCUT2D eigenvalue weighted by atomic mass is 19.4. The van der Waals surface area contributed by atoms with Gasteiger partial charge in [-0.3, -0.25) is 4.79 Å². The highest BCUT2D eigenvalue weighted by Gasteiger charge is 2.41. The molecule has 0 aromatic heterocycles. The lowest BCUT2D eigenvalue weighted by Gasteiger charge is -2.33. The van der Waals surface area contributed by atoms with Crippen molar-refractivity contribution in [2.45, 2.75) is 25.1 Å². The number of amides is 1. The molecule has 22 heavy (non-hydrogen) atoms. The molecular formula is C14H15F3N2O3. The van der Waals surface area contributed by atoms with E-state index in [2.05, 4.69) is 0 Å². The number of nitrogens with one attached hydrogen (secondary N) is 1. The maximum Gasteiger partial charge on any atom is 0.471 e. The van der Waals surface area contributed by atoms with Gasteiger partial charge >= 0.3 is 18.1 Å². The molecule has 0 radical (unpaired) electrons. The zero-order valence-corrected chi connectivity index (χ0v) is 11.6. The fourth-order valence-corrected chi connectivity index (χ4v) is 2.45. The van der Waals surface area contributed by atoms with E-state index in [-0.39, 0.29) is 6.54 Å². The summed E-state index contributed by atoms with van der Waals surface area (Å²) in [6.45, 7) is 0.316. The van der Waals surface area contributed by atoms with Crippen LogP contribution in [0.1, 0.15) is 12.0 Å². The molecule has 0 saturated heterocycles. The number of benzene rings is 1. The average Bonchev–Trinajstić information content (AvgIpc) is 2.45. The number of anilines is 1. The Hall–Kier alpha value is -2.25. The molecule has 1 amide bonds. The molecule has 1 unspecified atom stereocenters. The third kappa shape index (κ3) is 3.69. The lowest BCUT2D eigenvalue weighted by Crippen LogP contribution is -2.52. The van der Waals surface area contributed by atoms with Crippen LogP contribution in [-0.4, -0.2) is 42.3 Å². The first kappa shape index (κ1) is 16.1. The summed E-state index contributed by atoms with van der Waals surface area (Å²) in [7, 11) is 0. The third-order valence-corrected chi connectivity index (χ3v) is 3.47. The Balaban J connectivity index is 2.13. The number of carbonyl (C=O) groups excluding carboxylic acids is 1. The first-order chi connectivity index (χ1) is 10.3. The Labute approximate surface area is 124 Å². The Morgan fingerprint density at radius 3 is 2.64 bits per heavy atom. The number of carboxylic acids is 1. The van der Waals surface area contributed by atoms with Crippen molar-refractivity contribution in [3.63, 3.8) is 0 Å². The monoisotopic (exact) mass is 316 g/mol. The van der Waals surface area contributed by atoms with E-state index < -0.39 is 24.1 Å². The Morgan fingerprint density at radius 1 is 1.32 bits per heavy atom. The van der Waals surface area contributed by atoms with Crippen molar-refractivity contribution in [1.29, 1.82) is 0 Å². The van der Waals surface area contributed by atoms with Gasteiger partial charge in [0.05, 0.1) is 0 Å². The summed E-state index contributed by atoms with van der Waals surface area (Å²) in [6, 6.07) is 5.69. The second-order valence-electron chi connectivity index (χ2n) is 5.04. The van der Waals surface area contributed by atoms with Crippen LogP contribution in [0.3, 0.4) is 0 Å². The van der Waals surface area contributed by atoms with Crippen LogP contribution in [0.2, 0.25) is 0 Å². The quantitative estimate of drug-likeness (QED) is 0.885. The number of halogens is 3. The molecule has 1 heterocycles. The smallest absolute Gasteiger partial charge is 0.471 e. The Kier molecular flexibility index (Phi) is 4.58. The fourth-order valence-electron chi connectivity index (χ4n) is 2.45. The number of para-hydroxylation sites is 1. The number of hydrogen-bond acceptors (Lipinski definition) is 3. The molecule has 0 spiro atoms. The van der Waals surface area contributed by atoms with Crippen LogP contribution < -0.4 is 10.2 Å². The van der Waals surface area contributed by atoms with Crippen LogP contribution in [-0.2, 0) is 16.0 Å². The van der Waals surface area contributed by atoms with Gasteiger partial charge in [-0.1, -0.05) is 18.2 Å². The maximum atomic E-state index is 12.3. The largest absolute Gasteiger partial charge is 0.480 e. The van der Waals surface area contributed by atoms with E-state index >= 15 is 0 Å². The molecule has 1 aromatic carbocycles. The van der Waals surface area contributed by atoms with E-state index in [4.69, 9.17) is 5.11 Å². The Bertz CT molecular complexity index is 575. The van der Waals surface area contributed by atoms with E-state index in [1.54, 1.807) is 17.0 Å². The average molecular weight is 316 g/mol. The fraction of sp³-hybridized carbons (Fsp3) is 0.429. The van der Waals surface area contributed by atoms with Crippen LogP contribution in [0.5, 0.6) is 0 Å². The molecule has 1 aromatic rings. The van der Waals surface area contributed by atoms with Gasteiger partial charge in [0.25, 0.3) is 0 Å². The number of rotatable bonds is 4. The molecule has 0 saturated carbocycles. The van der Waals surface area contributed by atoms with Crippen LogP contribution in [0.15, 0.2) is 24.3 Å². The van der Waals surface area contributed by atoms with Crippen molar-refractivity contribution in [3.05, 3.63) is 29.8 Å².